The Balaban J connectivity index is 0.00000145. The van der Waals surface area contributed by atoms with Crippen LogP contribution in [0.4, 0.5) is 0 Å². The second kappa shape index (κ2) is 10.0. The summed E-state index contributed by atoms with van der Waals surface area (Å²) in [6.45, 7) is 0.201. The molecule has 0 bridgehead atoms. The molecule has 158 valence electrons. The number of rotatable bonds is 6. The Bertz CT molecular complexity index is 912. The molecule has 1 atom stereocenters. The summed E-state index contributed by atoms with van der Waals surface area (Å²) in [7, 11) is -4.04. The van der Waals surface area contributed by atoms with E-state index < -0.39 is 21.5 Å². The summed E-state index contributed by atoms with van der Waals surface area (Å²) in [5.74, 6) is 3.23. The fourth-order valence-corrected chi connectivity index (χ4v) is 4.23. The van der Waals surface area contributed by atoms with Crippen molar-refractivity contribution in [3.8, 4) is 11.5 Å². The number of carboxylic acid groups (broad SMARTS) is 1. The fraction of sp³-hybridized carbons (Fsp3) is 0.278. The summed E-state index contributed by atoms with van der Waals surface area (Å²) >= 11 is 5.82. The second-order valence-corrected chi connectivity index (χ2v) is 8.30. The molecule has 1 aliphatic rings. The molecule has 0 unspecified atom stereocenters. The van der Waals surface area contributed by atoms with Crippen molar-refractivity contribution in [3.05, 3.63) is 53.6 Å². The number of carboxylic acids is 1. The van der Waals surface area contributed by atoms with Crippen molar-refractivity contribution in [1.29, 1.82) is 0 Å². The average Bonchev–Trinajstić information content (AvgIpc) is 2.72. The predicted octanol–water partition coefficient (Wildman–Crippen LogP) is 2.38. The highest BCUT2D eigenvalue weighted by atomic mass is 35.5. The van der Waals surface area contributed by atoms with Gasteiger partial charge in [0.2, 0.25) is 10.0 Å². The number of hydrogen-bond acceptors (Lipinski definition) is 7. The van der Waals surface area contributed by atoms with Crippen LogP contribution in [-0.4, -0.2) is 43.5 Å². The molecule has 0 radical (unpaired) electrons. The van der Waals surface area contributed by atoms with E-state index in [9.17, 15) is 18.3 Å². The van der Waals surface area contributed by atoms with Crippen LogP contribution in [0.25, 0.3) is 0 Å². The Morgan fingerprint density at radius 2 is 1.66 bits per heavy atom. The molecule has 1 saturated heterocycles. The first-order valence-corrected chi connectivity index (χ1v) is 10.3. The molecule has 0 aromatic heterocycles. The molecular formula is C18H21ClN2O7S. The molecule has 0 amide bonds. The van der Waals surface area contributed by atoms with Gasteiger partial charge in [-0.1, -0.05) is 11.6 Å². The molecule has 2 aromatic carbocycles. The SMILES string of the molecule is NO.O=C(O)[C@@]1(NS(=O)(=O)c2ccc(Oc3ccc(Cl)cc3)cc2)CCCOC1. The first kappa shape index (κ1) is 23.1. The van der Waals surface area contributed by atoms with Gasteiger partial charge < -0.3 is 19.8 Å². The second-order valence-electron chi connectivity index (χ2n) is 6.18. The number of sulfonamides is 1. The van der Waals surface area contributed by atoms with E-state index in [0.29, 0.717) is 29.5 Å². The third-order valence-electron chi connectivity index (χ3n) is 4.16. The lowest BCUT2D eigenvalue weighted by Crippen LogP contribution is -2.59. The van der Waals surface area contributed by atoms with E-state index in [1.54, 1.807) is 24.3 Å². The number of nitrogens with one attached hydrogen (secondary N) is 1. The quantitative estimate of drug-likeness (QED) is 0.496. The van der Waals surface area contributed by atoms with E-state index in [4.69, 9.17) is 26.3 Å². The number of benzene rings is 2. The van der Waals surface area contributed by atoms with Crippen molar-refractivity contribution in [2.45, 2.75) is 23.3 Å². The number of nitrogens with two attached hydrogens (primary N) is 1. The number of hydrogen-bond donors (Lipinski definition) is 4. The van der Waals surface area contributed by atoms with Gasteiger partial charge in [-0.3, -0.25) is 4.79 Å². The Morgan fingerprint density at radius 1 is 1.10 bits per heavy atom. The van der Waals surface area contributed by atoms with Crippen LogP contribution in [0.3, 0.4) is 0 Å². The normalized spacial score (nSPS) is 19.0. The average molecular weight is 445 g/mol. The van der Waals surface area contributed by atoms with Gasteiger partial charge in [0.1, 0.15) is 11.5 Å². The highest BCUT2D eigenvalue weighted by Gasteiger charge is 2.44. The molecule has 0 aliphatic carbocycles. The summed E-state index contributed by atoms with van der Waals surface area (Å²) in [6.07, 6.45) is 0.627. The van der Waals surface area contributed by atoms with Crippen LogP contribution in [-0.2, 0) is 19.6 Å². The minimum atomic E-state index is -4.04. The summed E-state index contributed by atoms with van der Waals surface area (Å²) in [6, 6.07) is 12.4. The molecule has 3 rings (SSSR count). The summed E-state index contributed by atoms with van der Waals surface area (Å²) < 4.78 is 38.4. The lowest BCUT2D eigenvalue weighted by atomic mass is 9.94. The fourth-order valence-electron chi connectivity index (χ4n) is 2.73. The molecule has 11 heteroatoms. The first-order chi connectivity index (χ1) is 13.8. The lowest BCUT2D eigenvalue weighted by molar-refractivity contribution is -0.149. The van der Waals surface area contributed by atoms with E-state index >= 15 is 0 Å². The summed E-state index contributed by atoms with van der Waals surface area (Å²) in [5, 5.41) is 16.6. The van der Waals surface area contributed by atoms with Gasteiger partial charge in [0.15, 0.2) is 5.54 Å². The van der Waals surface area contributed by atoms with E-state index in [1.807, 2.05) is 0 Å². The molecule has 5 N–H and O–H groups in total. The zero-order chi connectivity index (χ0) is 21.5. The molecular weight excluding hydrogens is 424 g/mol. The van der Waals surface area contributed by atoms with Gasteiger partial charge in [0.05, 0.1) is 11.5 Å². The van der Waals surface area contributed by atoms with Crippen LogP contribution in [0.5, 0.6) is 11.5 Å². The van der Waals surface area contributed by atoms with Crippen molar-refractivity contribution in [1.82, 2.24) is 4.72 Å². The van der Waals surface area contributed by atoms with Crippen molar-refractivity contribution >= 4 is 27.6 Å². The molecule has 29 heavy (non-hydrogen) atoms. The van der Waals surface area contributed by atoms with Crippen molar-refractivity contribution < 1.29 is 33.0 Å². The predicted molar refractivity (Wildman–Crippen MR) is 105 cm³/mol. The van der Waals surface area contributed by atoms with Crippen LogP contribution in [0.1, 0.15) is 12.8 Å². The monoisotopic (exact) mass is 444 g/mol. The van der Waals surface area contributed by atoms with Gasteiger partial charge in [-0.15, -0.1) is 0 Å². The van der Waals surface area contributed by atoms with E-state index in [2.05, 4.69) is 10.6 Å². The largest absolute Gasteiger partial charge is 0.480 e. The lowest BCUT2D eigenvalue weighted by Gasteiger charge is -2.33. The third kappa shape index (κ3) is 5.89. The minimum Gasteiger partial charge on any atom is -0.480 e. The Hall–Kier alpha value is -2.21. The maximum absolute atomic E-state index is 12.6. The zero-order valence-corrected chi connectivity index (χ0v) is 16.8. The first-order valence-electron chi connectivity index (χ1n) is 8.45. The zero-order valence-electron chi connectivity index (χ0n) is 15.2. The van der Waals surface area contributed by atoms with Crippen molar-refractivity contribution in [2.24, 2.45) is 5.90 Å². The molecule has 1 aliphatic heterocycles. The van der Waals surface area contributed by atoms with E-state index in [0.717, 1.165) is 0 Å². The van der Waals surface area contributed by atoms with Gasteiger partial charge in [-0.25, -0.2) is 14.3 Å². The van der Waals surface area contributed by atoms with Crippen molar-refractivity contribution in [2.75, 3.05) is 13.2 Å². The van der Waals surface area contributed by atoms with Crippen LogP contribution in [0, 0.1) is 0 Å². The van der Waals surface area contributed by atoms with Gasteiger partial charge >= 0.3 is 5.97 Å². The maximum Gasteiger partial charge on any atom is 0.327 e. The number of aliphatic carboxylic acids is 1. The molecule has 2 aromatic rings. The standard InChI is InChI=1S/C18H18ClNO6S.H3NO/c19-13-2-4-14(5-3-13)26-15-6-8-16(9-7-15)27(23,24)20-18(17(21)22)10-1-11-25-12-18;1-2/h2-9,20H,1,10-12H2,(H,21,22);2H,1H2/t18-;/m1./s1. The van der Waals surface area contributed by atoms with Crippen LogP contribution >= 0.6 is 11.6 Å². The number of halogens is 1. The van der Waals surface area contributed by atoms with Gasteiger partial charge in [-0.05, 0) is 61.4 Å². The third-order valence-corrected chi connectivity index (χ3v) is 5.97. The Labute approximate surface area is 173 Å². The smallest absolute Gasteiger partial charge is 0.327 e. The summed E-state index contributed by atoms with van der Waals surface area (Å²) in [5.41, 5.74) is -1.66. The highest BCUT2D eigenvalue weighted by Crippen LogP contribution is 2.26. The summed E-state index contributed by atoms with van der Waals surface area (Å²) in [4.78, 5) is 11.6. The Kier molecular flexibility index (Phi) is 7.96. The van der Waals surface area contributed by atoms with Gasteiger partial charge in [0, 0.05) is 11.6 Å². The van der Waals surface area contributed by atoms with E-state index in [1.165, 1.54) is 24.3 Å². The van der Waals surface area contributed by atoms with E-state index in [-0.39, 0.29) is 17.9 Å². The Morgan fingerprint density at radius 3 is 2.14 bits per heavy atom. The molecule has 0 spiro atoms. The number of ether oxygens (including phenoxy) is 2. The molecule has 1 heterocycles. The van der Waals surface area contributed by atoms with Crippen LogP contribution < -0.4 is 15.4 Å². The molecule has 1 fully saturated rings. The van der Waals surface area contributed by atoms with Gasteiger partial charge in [0.25, 0.3) is 0 Å². The molecule has 9 nitrogen and oxygen atoms in total. The topological polar surface area (TPSA) is 148 Å². The highest BCUT2D eigenvalue weighted by molar-refractivity contribution is 7.89. The van der Waals surface area contributed by atoms with Crippen LogP contribution in [0.2, 0.25) is 5.02 Å². The van der Waals surface area contributed by atoms with Crippen molar-refractivity contribution in [3.63, 3.8) is 0 Å². The maximum atomic E-state index is 12.6. The number of carbonyl (C=O) groups is 1. The minimum absolute atomic E-state index is 0.0582. The molecule has 0 saturated carbocycles. The van der Waals surface area contributed by atoms with Crippen LogP contribution in [0.15, 0.2) is 53.4 Å². The van der Waals surface area contributed by atoms with Gasteiger partial charge in [-0.2, -0.15) is 4.72 Å².